The van der Waals surface area contributed by atoms with Gasteiger partial charge in [-0.3, -0.25) is 9.78 Å². The van der Waals surface area contributed by atoms with Gasteiger partial charge in [0.2, 0.25) is 0 Å². The van der Waals surface area contributed by atoms with Crippen molar-refractivity contribution >= 4 is 5.97 Å². The van der Waals surface area contributed by atoms with E-state index in [-0.39, 0.29) is 5.97 Å². The highest BCUT2D eigenvalue weighted by Crippen LogP contribution is 2.05. The third-order valence-electron chi connectivity index (χ3n) is 2.31. The molecule has 90 valence electrons. The highest BCUT2D eigenvalue weighted by Gasteiger charge is 2.03. The predicted molar refractivity (Wildman–Crippen MR) is 66.1 cm³/mol. The number of nitrogens with zero attached hydrogens (tertiary/aromatic N) is 1. The number of aryl methyl sites for hydroxylation is 1. The minimum atomic E-state index is -0.170. The van der Waals surface area contributed by atoms with Gasteiger partial charge in [-0.25, -0.2) is 0 Å². The molecule has 0 aromatic carbocycles. The van der Waals surface area contributed by atoms with Crippen molar-refractivity contribution in [3.05, 3.63) is 29.6 Å². The Kier molecular flexibility index (Phi) is 5.81. The first kappa shape index (κ1) is 13.2. The topological polar surface area (TPSA) is 39.2 Å². The van der Waals surface area contributed by atoms with Crippen molar-refractivity contribution < 1.29 is 9.53 Å². The molecule has 0 amide bonds. The van der Waals surface area contributed by atoms with E-state index >= 15 is 0 Å². The zero-order valence-corrected chi connectivity index (χ0v) is 10.1. The fourth-order valence-electron chi connectivity index (χ4n) is 1.43. The van der Waals surface area contributed by atoms with Crippen LogP contribution >= 0.6 is 0 Å². The van der Waals surface area contributed by atoms with Crippen molar-refractivity contribution in [1.29, 1.82) is 0 Å². The van der Waals surface area contributed by atoms with Crippen LogP contribution < -0.4 is 0 Å². The second kappa shape index (κ2) is 7.45. The molecule has 1 heterocycles. The van der Waals surface area contributed by atoms with Gasteiger partial charge in [-0.15, -0.1) is 12.3 Å². The number of carbonyl (C=O) groups excluding carboxylic acids is 1. The summed E-state index contributed by atoms with van der Waals surface area (Å²) in [5, 5.41) is 0. The van der Waals surface area contributed by atoms with E-state index in [1.54, 1.807) is 6.20 Å². The molecule has 0 aliphatic heterocycles. The van der Waals surface area contributed by atoms with Crippen LogP contribution in [0.4, 0.5) is 0 Å². The Balaban J connectivity index is 2.22. The fourth-order valence-corrected chi connectivity index (χ4v) is 1.43. The lowest BCUT2D eigenvalue weighted by atomic mass is 10.2. The largest absolute Gasteiger partial charge is 0.461 e. The molecule has 0 aliphatic carbocycles. The van der Waals surface area contributed by atoms with Gasteiger partial charge in [0, 0.05) is 24.7 Å². The van der Waals surface area contributed by atoms with Crippen molar-refractivity contribution in [2.75, 3.05) is 0 Å². The van der Waals surface area contributed by atoms with Gasteiger partial charge in [-0.2, -0.15) is 0 Å². The second-order valence-electron chi connectivity index (χ2n) is 3.88. The summed E-state index contributed by atoms with van der Waals surface area (Å²) >= 11 is 0. The number of ether oxygens (including phenoxy) is 1. The molecule has 3 nitrogen and oxygen atoms in total. The monoisotopic (exact) mass is 231 g/mol. The van der Waals surface area contributed by atoms with Gasteiger partial charge in [0.05, 0.1) is 0 Å². The van der Waals surface area contributed by atoms with Crippen LogP contribution in [0.2, 0.25) is 0 Å². The van der Waals surface area contributed by atoms with Crippen LogP contribution in [-0.4, -0.2) is 11.0 Å². The van der Waals surface area contributed by atoms with E-state index in [1.165, 1.54) is 0 Å². The number of pyridine rings is 1. The molecule has 1 aromatic rings. The molecular formula is C14H17NO2. The highest BCUT2D eigenvalue weighted by molar-refractivity contribution is 5.69. The highest BCUT2D eigenvalue weighted by atomic mass is 16.5. The smallest absolute Gasteiger partial charge is 0.306 e. The number of hydrogen-bond donors (Lipinski definition) is 0. The van der Waals surface area contributed by atoms with E-state index in [4.69, 9.17) is 11.2 Å². The third-order valence-corrected chi connectivity index (χ3v) is 2.31. The van der Waals surface area contributed by atoms with Gasteiger partial charge in [0.15, 0.2) is 0 Å². The van der Waals surface area contributed by atoms with Crippen LogP contribution in [0.1, 0.15) is 36.9 Å². The molecule has 1 aromatic heterocycles. The van der Waals surface area contributed by atoms with Gasteiger partial charge in [0.1, 0.15) is 6.61 Å². The molecule has 0 spiro atoms. The summed E-state index contributed by atoms with van der Waals surface area (Å²) in [6.45, 7) is 2.22. The quantitative estimate of drug-likeness (QED) is 0.429. The van der Waals surface area contributed by atoms with Crippen LogP contribution in [0.15, 0.2) is 18.3 Å². The molecule has 0 N–H and O–H groups in total. The summed E-state index contributed by atoms with van der Waals surface area (Å²) in [4.78, 5) is 15.5. The maximum atomic E-state index is 11.4. The van der Waals surface area contributed by atoms with E-state index in [0.717, 1.165) is 30.5 Å². The molecule has 0 bridgehead atoms. The molecule has 3 heteroatoms. The number of aromatic nitrogens is 1. The van der Waals surface area contributed by atoms with Gasteiger partial charge < -0.3 is 4.74 Å². The summed E-state index contributed by atoms with van der Waals surface area (Å²) < 4.78 is 5.14. The van der Waals surface area contributed by atoms with Crippen LogP contribution in [-0.2, 0) is 16.1 Å². The first-order chi connectivity index (χ1) is 8.22. The van der Waals surface area contributed by atoms with Crippen LogP contribution in [0.5, 0.6) is 0 Å². The third kappa shape index (κ3) is 5.72. The molecule has 0 saturated heterocycles. The Morgan fingerprint density at radius 1 is 1.53 bits per heavy atom. The number of rotatable bonds is 6. The normalized spacial score (nSPS) is 9.65. The molecule has 0 radical (unpaired) electrons. The van der Waals surface area contributed by atoms with Crippen LogP contribution in [0, 0.1) is 19.3 Å². The summed E-state index contributed by atoms with van der Waals surface area (Å²) in [5.74, 6) is 2.38. The maximum Gasteiger partial charge on any atom is 0.306 e. The number of terminal acetylenes is 1. The lowest BCUT2D eigenvalue weighted by Gasteiger charge is -2.04. The number of esters is 1. The Hall–Kier alpha value is -1.82. The Labute approximate surface area is 102 Å². The Morgan fingerprint density at radius 3 is 3.06 bits per heavy atom. The summed E-state index contributed by atoms with van der Waals surface area (Å²) in [5.41, 5.74) is 1.89. The van der Waals surface area contributed by atoms with Gasteiger partial charge >= 0.3 is 5.97 Å². The SMILES string of the molecule is C#CCCCCC(=O)OCc1ccnc(C)c1. The van der Waals surface area contributed by atoms with Crippen molar-refractivity contribution in [2.45, 2.75) is 39.2 Å². The first-order valence-electron chi connectivity index (χ1n) is 5.73. The lowest BCUT2D eigenvalue weighted by Crippen LogP contribution is -2.04. The Morgan fingerprint density at radius 2 is 2.35 bits per heavy atom. The number of unbranched alkanes of at least 4 members (excludes halogenated alkanes) is 2. The minimum Gasteiger partial charge on any atom is -0.461 e. The standard InChI is InChI=1S/C14H17NO2/c1-3-4-5-6-7-14(16)17-11-13-8-9-15-12(2)10-13/h1,8-10H,4-7,11H2,2H3. The minimum absolute atomic E-state index is 0.170. The van der Waals surface area contributed by atoms with E-state index < -0.39 is 0 Å². The van der Waals surface area contributed by atoms with E-state index in [1.807, 2.05) is 19.1 Å². The number of hydrogen-bond acceptors (Lipinski definition) is 3. The molecule has 17 heavy (non-hydrogen) atoms. The summed E-state index contributed by atoms with van der Waals surface area (Å²) in [6, 6.07) is 3.75. The predicted octanol–water partition coefficient (Wildman–Crippen LogP) is 2.63. The zero-order chi connectivity index (χ0) is 12.5. The molecule has 0 unspecified atom stereocenters. The molecule has 0 fully saturated rings. The lowest BCUT2D eigenvalue weighted by molar-refractivity contribution is -0.145. The molecule has 0 atom stereocenters. The number of carbonyl (C=O) groups is 1. The van der Waals surface area contributed by atoms with Crippen molar-refractivity contribution in [2.24, 2.45) is 0 Å². The maximum absolute atomic E-state index is 11.4. The first-order valence-corrected chi connectivity index (χ1v) is 5.73. The van der Waals surface area contributed by atoms with E-state index in [2.05, 4.69) is 10.9 Å². The average molecular weight is 231 g/mol. The van der Waals surface area contributed by atoms with Gasteiger partial charge in [-0.1, -0.05) is 0 Å². The molecule has 0 aliphatic rings. The Bertz CT molecular complexity index is 407. The molecule has 1 rings (SSSR count). The van der Waals surface area contributed by atoms with Crippen molar-refractivity contribution in [1.82, 2.24) is 4.98 Å². The van der Waals surface area contributed by atoms with Crippen molar-refractivity contribution in [3.8, 4) is 12.3 Å². The summed E-state index contributed by atoms with van der Waals surface area (Å²) in [6.07, 6.45) is 9.66. The van der Waals surface area contributed by atoms with E-state index in [0.29, 0.717) is 13.0 Å². The molecule has 0 saturated carbocycles. The van der Waals surface area contributed by atoms with Crippen LogP contribution in [0.25, 0.3) is 0 Å². The fraction of sp³-hybridized carbons (Fsp3) is 0.429. The van der Waals surface area contributed by atoms with Crippen molar-refractivity contribution in [3.63, 3.8) is 0 Å². The second-order valence-corrected chi connectivity index (χ2v) is 3.88. The van der Waals surface area contributed by atoms with Crippen LogP contribution in [0.3, 0.4) is 0 Å². The molecular weight excluding hydrogens is 214 g/mol. The van der Waals surface area contributed by atoms with Gasteiger partial charge in [-0.05, 0) is 37.5 Å². The zero-order valence-electron chi connectivity index (χ0n) is 10.1. The summed E-state index contributed by atoms with van der Waals surface area (Å²) in [7, 11) is 0. The van der Waals surface area contributed by atoms with E-state index in [9.17, 15) is 4.79 Å². The van der Waals surface area contributed by atoms with Gasteiger partial charge in [0.25, 0.3) is 0 Å². The average Bonchev–Trinajstić information content (AvgIpc) is 2.32.